The van der Waals surface area contributed by atoms with E-state index in [0.717, 1.165) is 12.1 Å². The van der Waals surface area contributed by atoms with Crippen LogP contribution >= 0.6 is 0 Å². The Morgan fingerprint density at radius 1 is 1.19 bits per heavy atom. The van der Waals surface area contributed by atoms with Crippen molar-refractivity contribution >= 4 is 17.6 Å². The lowest BCUT2D eigenvalue weighted by atomic mass is 9.96. The summed E-state index contributed by atoms with van der Waals surface area (Å²) >= 11 is 0. The number of halogens is 2. The van der Waals surface area contributed by atoms with Crippen LogP contribution in [-0.2, 0) is 9.59 Å². The predicted molar refractivity (Wildman–Crippen MR) is 91.3 cm³/mol. The fourth-order valence-electron chi connectivity index (χ4n) is 2.95. The topological polar surface area (TPSA) is 92.5 Å². The zero-order valence-corrected chi connectivity index (χ0v) is 14.5. The maximum Gasteiger partial charge on any atom is 0.224 e. The van der Waals surface area contributed by atoms with Crippen LogP contribution in [0, 0.1) is 17.6 Å². The van der Waals surface area contributed by atoms with Gasteiger partial charge in [-0.1, -0.05) is 0 Å². The summed E-state index contributed by atoms with van der Waals surface area (Å²) in [5.74, 6) is -3.16. The number of hydrogen-bond donors (Lipinski definition) is 2. The zero-order valence-electron chi connectivity index (χ0n) is 14.5. The smallest absolute Gasteiger partial charge is 0.224 e. The number of ketones is 1. The maximum atomic E-state index is 13.2. The molecular formula is C18H23F2N3O3. The molecule has 0 aromatic heterocycles. The van der Waals surface area contributed by atoms with Gasteiger partial charge in [0.25, 0.3) is 0 Å². The molecule has 1 unspecified atom stereocenters. The van der Waals surface area contributed by atoms with E-state index in [1.807, 2.05) is 0 Å². The fraction of sp³-hybridized carbons (Fsp3) is 0.500. The van der Waals surface area contributed by atoms with Gasteiger partial charge in [-0.05, 0) is 31.0 Å². The minimum absolute atomic E-state index is 0.0328. The molecule has 1 aliphatic rings. The molecule has 1 atom stereocenters. The van der Waals surface area contributed by atoms with Crippen molar-refractivity contribution in [3.8, 4) is 0 Å². The van der Waals surface area contributed by atoms with Crippen LogP contribution in [0.3, 0.4) is 0 Å². The van der Waals surface area contributed by atoms with Crippen LogP contribution in [0.4, 0.5) is 8.78 Å². The van der Waals surface area contributed by atoms with E-state index in [4.69, 9.17) is 5.73 Å². The van der Waals surface area contributed by atoms with Crippen LogP contribution in [0.25, 0.3) is 0 Å². The molecule has 0 radical (unpaired) electrons. The number of amides is 2. The van der Waals surface area contributed by atoms with E-state index < -0.39 is 17.4 Å². The predicted octanol–water partition coefficient (Wildman–Crippen LogP) is 1.24. The summed E-state index contributed by atoms with van der Waals surface area (Å²) in [5, 5.41) is 2.72. The summed E-state index contributed by atoms with van der Waals surface area (Å²) in [6.07, 6.45) is 1.29. The van der Waals surface area contributed by atoms with Crippen molar-refractivity contribution in [2.24, 2.45) is 11.7 Å². The number of hydrogen-bond acceptors (Lipinski definition) is 4. The van der Waals surface area contributed by atoms with Crippen LogP contribution in [0.5, 0.6) is 0 Å². The van der Waals surface area contributed by atoms with Gasteiger partial charge in [-0.15, -0.1) is 0 Å². The number of nitrogens with one attached hydrogen (secondary N) is 1. The highest BCUT2D eigenvalue weighted by molar-refractivity contribution is 5.98. The van der Waals surface area contributed by atoms with Crippen molar-refractivity contribution in [2.75, 3.05) is 26.2 Å². The van der Waals surface area contributed by atoms with Crippen LogP contribution in [0.2, 0.25) is 0 Å². The normalized spacial score (nSPS) is 17.0. The number of carbonyl (C=O) groups is 3. The van der Waals surface area contributed by atoms with Crippen molar-refractivity contribution in [1.29, 1.82) is 0 Å². The van der Waals surface area contributed by atoms with E-state index in [1.54, 1.807) is 4.90 Å². The Balaban J connectivity index is 1.85. The third kappa shape index (κ3) is 5.32. The Morgan fingerprint density at radius 2 is 1.96 bits per heavy atom. The second-order valence-corrected chi connectivity index (χ2v) is 6.31. The molecular weight excluding hydrogens is 344 g/mol. The van der Waals surface area contributed by atoms with Crippen molar-refractivity contribution < 1.29 is 23.2 Å². The quantitative estimate of drug-likeness (QED) is 0.709. The molecule has 0 bridgehead atoms. The molecule has 2 rings (SSSR count). The minimum atomic E-state index is -1.09. The summed E-state index contributed by atoms with van der Waals surface area (Å²) in [7, 11) is 0. The summed E-state index contributed by atoms with van der Waals surface area (Å²) in [6.45, 7) is 1.60. The lowest BCUT2D eigenvalue weighted by molar-refractivity contribution is -0.135. The van der Waals surface area contributed by atoms with Gasteiger partial charge in [0.2, 0.25) is 11.8 Å². The molecule has 1 aliphatic heterocycles. The van der Waals surface area contributed by atoms with Gasteiger partial charge in [0.15, 0.2) is 17.4 Å². The van der Waals surface area contributed by atoms with Gasteiger partial charge in [-0.2, -0.15) is 0 Å². The van der Waals surface area contributed by atoms with Crippen LogP contribution in [0.15, 0.2) is 18.2 Å². The molecule has 0 spiro atoms. The van der Waals surface area contributed by atoms with Crippen molar-refractivity contribution in [1.82, 2.24) is 10.2 Å². The molecule has 1 heterocycles. The molecule has 1 fully saturated rings. The van der Waals surface area contributed by atoms with Crippen molar-refractivity contribution in [3.63, 3.8) is 0 Å². The van der Waals surface area contributed by atoms with E-state index in [0.29, 0.717) is 39.0 Å². The highest BCUT2D eigenvalue weighted by atomic mass is 19.2. The Labute approximate surface area is 150 Å². The van der Waals surface area contributed by atoms with Gasteiger partial charge >= 0.3 is 0 Å². The first kappa shape index (κ1) is 20.0. The van der Waals surface area contributed by atoms with Gasteiger partial charge in [0.05, 0.1) is 5.92 Å². The molecule has 0 saturated carbocycles. The van der Waals surface area contributed by atoms with Crippen molar-refractivity contribution in [2.45, 2.75) is 25.7 Å². The number of Topliss-reactive ketones (excluding diaryl/α,β-unsaturated/α-hetero) is 1. The molecule has 1 aromatic rings. The van der Waals surface area contributed by atoms with Gasteiger partial charge in [-0.25, -0.2) is 8.78 Å². The Morgan fingerprint density at radius 3 is 2.65 bits per heavy atom. The highest BCUT2D eigenvalue weighted by Gasteiger charge is 2.28. The summed E-state index contributed by atoms with van der Waals surface area (Å²) < 4.78 is 26.1. The van der Waals surface area contributed by atoms with Crippen LogP contribution < -0.4 is 11.1 Å². The largest absolute Gasteiger partial charge is 0.355 e. The fourth-order valence-corrected chi connectivity index (χ4v) is 2.95. The second-order valence-electron chi connectivity index (χ2n) is 6.31. The Kier molecular flexibility index (Phi) is 7.20. The zero-order chi connectivity index (χ0) is 19.1. The lowest BCUT2D eigenvalue weighted by Crippen LogP contribution is -2.46. The lowest BCUT2D eigenvalue weighted by Gasteiger charge is -2.32. The standard InChI is InChI=1S/C18H23F2N3O3/c19-14-4-3-12(10-15(14)20)16(24)5-6-17(25)23-9-1-2-13(11-23)18(26)22-8-7-21/h3-4,10,13H,1-2,5-9,11,21H2,(H,22,26). The van der Waals surface area contributed by atoms with Crippen LogP contribution in [0.1, 0.15) is 36.0 Å². The van der Waals surface area contributed by atoms with Gasteiger partial charge in [-0.3, -0.25) is 14.4 Å². The first-order chi connectivity index (χ1) is 12.4. The number of carbonyl (C=O) groups excluding carboxylic acids is 3. The minimum Gasteiger partial charge on any atom is -0.355 e. The van der Waals surface area contributed by atoms with Crippen LogP contribution in [-0.4, -0.2) is 48.7 Å². The molecule has 2 amide bonds. The summed E-state index contributed by atoms with van der Waals surface area (Å²) in [6, 6.07) is 2.92. The number of piperidine rings is 1. The third-order valence-electron chi connectivity index (χ3n) is 4.40. The first-order valence-corrected chi connectivity index (χ1v) is 8.66. The Bertz CT molecular complexity index is 682. The third-order valence-corrected chi connectivity index (χ3v) is 4.40. The molecule has 1 aromatic carbocycles. The number of nitrogens with two attached hydrogens (primary N) is 1. The summed E-state index contributed by atoms with van der Waals surface area (Å²) in [5.41, 5.74) is 5.40. The van der Waals surface area contributed by atoms with E-state index in [-0.39, 0.29) is 36.1 Å². The second kappa shape index (κ2) is 9.38. The average Bonchev–Trinajstić information content (AvgIpc) is 2.66. The number of rotatable bonds is 7. The number of nitrogens with zero attached hydrogens (tertiary/aromatic N) is 1. The van der Waals surface area contributed by atoms with Gasteiger partial charge < -0.3 is 16.0 Å². The highest BCUT2D eigenvalue weighted by Crippen LogP contribution is 2.18. The van der Waals surface area contributed by atoms with E-state index in [9.17, 15) is 23.2 Å². The summed E-state index contributed by atoms with van der Waals surface area (Å²) in [4.78, 5) is 38.0. The molecule has 0 aliphatic carbocycles. The molecule has 26 heavy (non-hydrogen) atoms. The monoisotopic (exact) mass is 367 g/mol. The van der Waals surface area contributed by atoms with E-state index >= 15 is 0 Å². The Hall–Kier alpha value is -2.35. The molecule has 6 nitrogen and oxygen atoms in total. The SMILES string of the molecule is NCCNC(=O)C1CCCN(C(=O)CCC(=O)c2ccc(F)c(F)c2)C1. The van der Waals surface area contributed by atoms with Gasteiger partial charge in [0.1, 0.15) is 0 Å². The molecule has 1 saturated heterocycles. The molecule has 3 N–H and O–H groups in total. The molecule has 142 valence electrons. The number of likely N-dealkylation sites (tertiary alicyclic amines) is 1. The van der Waals surface area contributed by atoms with Gasteiger partial charge in [0, 0.05) is 44.6 Å². The molecule has 8 heteroatoms. The van der Waals surface area contributed by atoms with E-state index in [2.05, 4.69) is 5.32 Å². The average molecular weight is 367 g/mol. The van der Waals surface area contributed by atoms with Crippen molar-refractivity contribution in [3.05, 3.63) is 35.4 Å². The maximum absolute atomic E-state index is 13.2. The number of benzene rings is 1. The first-order valence-electron chi connectivity index (χ1n) is 8.66. The van der Waals surface area contributed by atoms with E-state index in [1.165, 1.54) is 6.07 Å².